The van der Waals surface area contributed by atoms with Crippen LogP contribution in [-0.4, -0.2) is 50.0 Å². The molecule has 3 N–H and O–H groups in total. The van der Waals surface area contributed by atoms with E-state index in [9.17, 15) is 9.90 Å². The fourth-order valence-corrected chi connectivity index (χ4v) is 2.47. The van der Waals surface area contributed by atoms with Gasteiger partial charge in [-0.25, -0.2) is 0 Å². The molecule has 0 atom stereocenters. The van der Waals surface area contributed by atoms with Crippen LogP contribution in [0.5, 0.6) is 0 Å². The summed E-state index contributed by atoms with van der Waals surface area (Å²) in [5.74, 6) is 0.0254. The molecule has 1 rings (SSSR count). The third-order valence-corrected chi connectivity index (χ3v) is 3.65. The van der Waals surface area contributed by atoms with Crippen LogP contribution in [0, 0.1) is 0 Å². The zero-order chi connectivity index (χ0) is 14.0. The van der Waals surface area contributed by atoms with Crippen molar-refractivity contribution in [1.82, 2.24) is 10.6 Å². The number of rotatable bonds is 8. The van der Waals surface area contributed by atoms with E-state index in [1.165, 1.54) is 12.8 Å². The van der Waals surface area contributed by atoms with Gasteiger partial charge in [-0.3, -0.25) is 4.79 Å². The second kappa shape index (κ2) is 9.28. The van der Waals surface area contributed by atoms with Gasteiger partial charge in [0.2, 0.25) is 5.91 Å². The minimum Gasteiger partial charge on any atom is -0.389 e. The SMILES string of the molecule is COCCNC(=O)CCNCC1(O)CCCCCC1. The molecule has 19 heavy (non-hydrogen) atoms. The Bertz CT molecular complexity index is 251. The fraction of sp³-hybridized carbons (Fsp3) is 0.929. The zero-order valence-corrected chi connectivity index (χ0v) is 12.0. The Labute approximate surface area is 116 Å². The minimum atomic E-state index is -0.566. The lowest BCUT2D eigenvalue weighted by atomic mass is 9.94. The van der Waals surface area contributed by atoms with E-state index in [0.29, 0.717) is 32.7 Å². The second-order valence-corrected chi connectivity index (χ2v) is 5.41. The Hall–Kier alpha value is -0.650. The number of ether oxygens (including phenoxy) is 1. The maximum atomic E-state index is 11.4. The van der Waals surface area contributed by atoms with E-state index in [1.807, 2.05) is 0 Å². The lowest BCUT2D eigenvalue weighted by Gasteiger charge is -2.26. The van der Waals surface area contributed by atoms with Crippen LogP contribution < -0.4 is 10.6 Å². The van der Waals surface area contributed by atoms with E-state index in [0.717, 1.165) is 25.7 Å². The summed E-state index contributed by atoms with van der Waals surface area (Å²) in [7, 11) is 1.61. The molecule has 5 heteroatoms. The van der Waals surface area contributed by atoms with Crippen molar-refractivity contribution in [2.75, 3.05) is 33.4 Å². The third-order valence-electron chi connectivity index (χ3n) is 3.65. The van der Waals surface area contributed by atoms with Crippen LogP contribution in [-0.2, 0) is 9.53 Å². The molecule has 0 aliphatic heterocycles. The van der Waals surface area contributed by atoms with Crippen molar-refractivity contribution in [1.29, 1.82) is 0 Å². The topological polar surface area (TPSA) is 70.6 Å². The lowest BCUT2D eigenvalue weighted by Crippen LogP contribution is -2.41. The van der Waals surface area contributed by atoms with E-state index in [2.05, 4.69) is 10.6 Å². The largest absolute Gasteiger partial charge is 0.389 e. The number of hydrogen-bond donors (Lipinski definition) is 3. The van der Waals surface area contributed by atoms with Crippen LogP contribution >= 0.6 is 0 Å². The summed E-state index contributed by atoms with van der Waals surface area (Å²) in [6, 6.07) is 0. The molecule has 1 saturated carbocycles. The molecule has 0 bridgehead atoms. The van der Waals surface area contributed by atoms with Crippen molar-refractivity contribution >= 4 is 5.91 Å². The van der Waals surface area contributed by atoms with Gasteiger partial charge >= 0.3 is 0 Å². The van der Waals surface area contributed by atoms with Gasteiger partial charge in [-0.2, -0.15) is 0 Å². The van der Waals surface area contributed by atoms with Crippen LogP contribution in [0.4, 0.5) is 0 Å². The van der Waals surface area contributed by atoms with E-state index in [4.69, 9.17) is 4.74 Å². The smallest absolute Gasteiger partial charge is 0.221 e. The standard InChI is InChI=1S/C14H28N2O3/c1-19-11-10-16-13(17)6-9-15-12-14(18)7-4-2-3-5-8-14/h15,18H,2-12H2,1H3,(H,16,17). The molecular weight excluding hydrogens is 244 g/mol. The minimum absolute atomic E-state index is 0.0254. The van der Waals surface area contributed by atoms with E-state index < -0.39 is 5.60 Å². The summed E-state index contributed by atoms with van der Waals surface area (Å²) in [6.07, 6.45) is 6.86. The van der Waals surface area contributed by atoms with Crippen LogP contribution in [0.1, 0.15) is 44.9 Å². The molecule has 1 aliphatic rings. The van der Waals surface area contributed by atoms with Gasteiger partial charge in [-0.1, -0.05) is 25.7 Å². The molecule has 0 unspecified atom stereocenters. The molecule has 1 amide bonds. The molecule has 0 aromatic carbocycles. The second-order valence-electron chi connectivity index (χ2n) is 5.41. The van der Waals surface area contributed by atoms with Gasteiger partial charge in [-0.05, 0) is 12.8 Å². The van der Waals surface area contributed by atoms with Crippen molar-refractivity contribution in [3.8, 4) is 0 Å². The lowest BCUT2D eigenvalue weighted by molar-refractivity contribution is -0.121. The highest BCUT2D eigenvalue weighted by molar-refractivity contribution is 5.75. The Morgan fingerprint density at radius 2 is 1.89 bits per heavy atom. The number of aliphatic hydroxyl groups is 1. The predicted molar refractivity (Wildman–Crippen MR) is 75.0 cm³/mol. The van der Waals surface area contributed by atoms with Gasteiger partial charge in [0.1, 0.15) is 0 Å². The van der Waals surface area contributed by atoms with Crippen molar-refractivity contribution < 1.29 is 14.6 Å². The van der Waals surface area contributed by atoms with Crippen molar-refractivity contribution in [3.63, 3.8) is 0 Å². The van der Waals surface area contributed by atoms with Crippen LogP contribution in [0.25, 0.3) is 0 Å². The molecule has 0 aromatic rings. The Morgan fingerprint density at radius 1 is 1.21 bits per heavy atom. The van der Waals surface area contributed by atoms with E-state index in [-0.39, 0.29) is 5.91 Å². The van der Waals surface area contributed by atoms with E-state index >= 15 is 0 Å². The van der Waals surface area contributed by atoms with E-state index in [1.54, 1.807) is 7.11 Å². The van der Waals surface area contributed by atoms with Gasteiger partial charge in [0.25, 0.3) is 0 Å². The molecule has 0 saturated heterocycles. The number of methoxy groups -OCH3 is 1. The molecule has 0 radical (unpaired) electrons. The fourth-order valence-electron chi connectivity index (χ4n) is 2.47. The maximum Gasteiger partial charge on any atom is 0.221 e. The van der Waals surface area contributed by atoms with Gasteiger partial charge < -0.3 is 20.5 Å². The van der Waals surface area contributed by atoms with Crippen molar-refractivity contribution in [2.24, 2.45) is 0 Å². The number of carbonyl (C=O) groups is 1. The highest BCUT2D eigenvalue weighted by atomic mass is 16.5. The normalized spacial score (nSPS) is 18.8. The average Bonchev–Trinajstić information content (AvgIpc) is 2.60. The summed E-state index contributed by atoms with van der Waals surface area (Å²) >= 11 is 0. The molecule has 0 heterocycles. The first kappa shape index (κ1) is 16.4. The molecule has 5 nitrogen and oxygen atoms in total. The number of hydrogen-bond acceptors (Lipinski definition) is 4. The highest BCUT2D eigenvalue weighted by Gasteiger charge is 2.27. The maximum absolute atomic E-state index is 11.4. The van der Waals surface area contributed by atoms with Crippen LogP contribution in [0.2, 0.25) is 0 Å². The summed E-state index contributed by atoms with van der Waals surface area (Å²) < 4.78 is 4.86. The summed E-state index contributed by atoms with van der Waals surface area (Å²) in [5, 5.41) is 16.4. The first-order valence-corrected chi connectivity index (χ1v) is 7.35. The Morgan fingerprint density at radius 3 is 2.53 bits per heavy atom. The van der Waals surface area contributed by atoms with Crippen LogP contribution in [0.15, 0.2) is 0 Å². The Kier molecular flexibility index (Phi) is 8.02. The molecule has 0 spiro atoms. The molecular formula is C14H28N2O3. The summed E-state index contributed by atoms with van der Waals surface area (Å²) in [4.78, 5) is 11.4. The van der Waals surface area contributed by atoms with Crippen molar-refractivity contribution in [3.05, 3.63) is 0 Å². The molecule has 0 aromatic heterocycles. The van der Waals surface area contributed by atoms with Crippen molar-refractivity contribution in [2.45, 2.75) is 50.5 Å². The highest BCUT2D eigenvalue weighted by Crippen LogP contribution is 2.26. The molecule has 1 aliphatic carbocycles. The monoisotopic (exact) mass is 272 g/mol. The first-order valence-electron chi connectivity index (χ1n) is 7.35. The van der Waals surface area contributed by atoms with Gasteiger partial charge in [0.05, 0.1) is 12.2 Å². The third kappa shape index (κ3) is 7.50. The number of amides is 1. The summed E-state index contributed by atoms with van der Waals surface area (Å²) in [5.41, 5.74) is -0.566. The molecule has 1 fully saturated rings. The first-order chi connectivity index (χ1) is 9.16. The number of carbonyl (C=O) groups excluding carboxylic acids is 1. The molecule has 112 valence electrons. The predicted octanol–water partition coefficient (Wildman–Crippen LogP) is 0.814. The number of nitrogens with one attached hydrogen (secondary N) is 2. The van der Waals surface area contributed by atoms with Crippen LogP contribution in [0.3, 0.4) is 0 Å². The summed E-state index contributed by atoms with van der Waals surface area (Å²) in [6.45, 7) is 2.30. The quantitative estimate of drug-likeness (QED) is 0.452. The zero-order valence-electron chi connectivity index (χ0n) is 12.0. The average molecular weight is 272 g/mol. The van der Waals surface area contributed by atoms with Gasteiger partial charge in [0.15, 0.2) is 0 Å². The van der Waals surface area contributed by atoms with Gasteiger partial charge in [0, 0.05) is 33.2 Å². The Balaban J connectivity index is 2.07. The van der Waals surface area contributed by atoms with Gasteiger partial charge in [-0.15, -0.1) is 0 Å².